The highest BCUT2D eigenvalue weighted by atomic mass is 32.1. The van der Waals surface area contributed by atoms with Crippen molar-refractivity contribution in [3.63, 3.8) is 0 Å². The van der Waals surface area contributed by atoms with Gasteiger partial charge in [-0.15, -0.1) is 11.3 Å². The number of nitrogens with zero attached hydrogens (tertiary/aromatic N) is 2. The number of nitrogens with one attached hydrogen (secondary N) is 2. The van der Waals surface area contributed by atoms with E-state index in [4.69, 9.17) is 0 Å². The molecule has 2 amide bonds. The van der Waals surface area contributed by atoms with E-state index in [1.54, 1.807) is 11.8 Å². The summed E-state index contributed by atoms with van der Waals surface area (Å²) in [5.41, 5.74) is 3.95. The van der Waals surface area contributed by atoms with E-state index in [0.29, 0.717) is 24.8 Å². The van der Waals surface area contributed by atoms with E-state index < -0.39 is 0 Å². The van der Waals surface area contributed by atoms with E-state index in [-0.39, 0.29) is 11.8 Å². The Morgan fingerprint density at radius 2 is 2.00 bits per heavy atom. The number of hydrogen-bond donors (Lipinski definition) is 2. The number of thiazole rings is 1. The van der Waals surface area contributed by atoms with Crippen LogP contribution in [-0.4, -0.2) is 36.4 Å². The van der Waals surface area contributed by atoms with Gasteiger partial charge >= 0.3 is 0 Å². The normalized spacial score (nSPS) is 11.9. The van der Waals surface area contributed by atoms with Crippen LogP contribution in [0, 0.1) is 13.8 Å². The van der Waals surface area contributed by atoms with Gasteiger partial charge in [-0.2, -0.15) is 0 Å². The summed E-state index contributed by atoms with van der Waals surface area (Å²) in [7, 11) is 0. The maximum atomic E-state index is 12.3. The Hall–Kier alpha value is -2.25. The first-order valence-corrected chi connectivity index (χ1v) is 10.2. The molecule has 1 heterocycles. The largest absolute Gasteiger partial charge is 0.351 e. The average molecular weight is 390 g/mol. The topological polar surface area (TPSA) is 66.7 Å². The molecule has 0 aliphatic carbocycles. The molecule has 0 aliphatic heterocycles. The summed E-state index contributed by atoms with van der Waals surface area (Å²) in [4.78, 5) is 31.7. The number of benzene rings is 1. The molecule has 1 aromatic carbocycles. The minimum Gasteiger partial charge on any atom is -0.351 e. The van der Waals surface area contributed by atoms with Gasteiger partial charge in [0, 0.05) is 18.8 Å². The van der Waals surface area contributed by atoms with Crippen LogP contribution in [0.3, 0.4) is 0 Å². The van der Waals surface area contributed by atoms with Crippen LogP contribution in [0.15, 0.2) is 23.6 Å². The molecule has 1 atom stereocenters. The van der Waals surface area contributed by atoms with Crippen molar-refractivity contribution < 1.29 is 14.5 Å². The summed E-state index contributed by atoms with van der Waals surface area (Å²) in [5, 5.41) is 5.48. The van der Waals surface area contributed by atoms with Gasteiger partial charge in [-0.25, -0.2) is 4.98 Å². The van der Waals surface area contributed by atoms with Crippen molar-refractivity contribution in [1.29, 1.82) is 0 Å². The third kappa shape index (κ3) is 5.61. The second kappa shape index (κ2) is 9.62. The quantitative estimate of drug-likeness (QED) is 0.726. The van der Waals surface area contributed by atoms with Crippen molar-refractivity contribution in [2.24, 2.45) is 0 Å². The first-order valence-electron chi connectivity index (χ1n) is 9.28. The van der Waals surface area contributed by atoms with Crippen LogP contribution >= 0.6 is 11.3 Å². The van der Waals surface area contributed by atoms with Gasteiger partial charge in [0.2, 0.25) is 5.91 Å². The fourth-order valence-corrected chi connectivity index (χ4v) is 3.88. The minimum atomic E-state index is -0.0649. The molecule has 6 nitrogen and oxygen atoms in total. The highest BCUT2D eigenvalue weighted by Gasteiger charge is 2.21. The van der Waals surface area contributed by atoms with Crippen LogP contribution in [0.25, 0.3) is 0 Å². The average Bonchev–Trinajstić information content (AvgIpc) is 3.04. The van der Waals surface area contributed by atoms with E-state index in [2.05, 4.69) is 23.3 Å². The van der Waals surface area contributed by atoms with Crippen molar-refractivity contribution in [1.82, 2.24) is 10.3 Å². The van der Waals surface area contributed by atoms with E-state index in [0.717, 1.165) is 34.0 Å². The van der Waals surface area contributed by atoms with Crippen molar-refractivity contribution in [2.75, 3.05) is 24.5 Å². The van der Waals surface area contributed by atoms with Crippen LogP contribution in [0.4, 0.5) is 10.8 Å². The molecule has 0 saturated carbocycles. The predicted molar refractivity (Wildman–Crippen MR) is 110 cm³/mol. The molecular weight excluding hydrogens is 360 g/mol. The van der Waals surface area contributed by atoms with Crippen molar-refractivity contribution in [3.8, 4) is 0 Å². The summed E-state index contributed by atoms with van der Waals surface area (Å²) < 4.78 is 0. The molecule has 0 saturated heterocycles. The molecule has 0 spiro atoms. The summed E-state index contributed by atoms with van der Waals surface area (Å²) >= 11 is 1.46. The van der Waals surface area contributed by atoms with E-state index in [1.807, 2.05) is 38.3 Å². The van der Waals surface area contributed by atoms with Crippen molar-refractivity contribution >= 4 is 34.0 Å². The van der Waals surface area contributed by atoms with Crippen LogP contribution in [0.2, 0.25) is 0 Å². The van der Waals surface area contributed by atoms with Gasteiger partial charge in [-0.05, 0) is 39.3 Å². The van der Waals surface area contributed by atoms with Crippen LogP contribution in [0.5, 0.6) is 0 Å². The Kier molecular flexibility index (Phi) is 7.50. The van der Waals surface area contributed by atoms with Crippen LogP contribution in [-0.2, 0) is 16.1 Å². The van der Waals surface area contributed by atoms with E-state index >= 15 is 0 Å². The van der Waals surface area contributed by atoms with Crippen LogP contribution in [0.1, 0.15) is 37.6 Å². The molecule has 0 radical (unpaired) electrons. The SMILES string of the molecule is CCNC(=O)C[NH+](CC)Cc1csc(N(C(C)=O)c2ccc(C)cc2C)n1. The number of likely N-dealkylation sites (N-methyl/N-ethyl adjacent to an activating group) is 2. The van der Waals surface area contributed by atoms with E-state index in [9.17, 15) is 9.59 Å². The lowest BCUT2D eigenvalue weighted by atomic mass is 10.1. The van der Waals surface area contributed by atoms with Crippen LogP contribution < -0.4 is 15.1 Å². The highest BCUT2D eigenvalue weighted by Crippen LogP contribution is 2.31. The van der Waals surface area contributed by atoms with Gasteiger partial charge < -0.3 is 10.2 Å². The lowest BCUT2D eigenvalue weighted by molar-refractivity contribution is -0.904. The van der Waals surface area contributed by atoms with Gasteiger partial charge in [-0.1, -0.05) is 17.7 Å². The number of rotatable bonds is 8. The maximum Gasteiger partial charge on any atom is 0.275 e. The number of quaternary nitrogens is 1. The van der Waals surface area contributed by atoms with Gasteiger partial charge in [0.15, 0.2) is 11.7 Å². The third-order valence-corrected chi connectivity index (χ3v) is 5.23. The zero-order valence-corrected chi connectivity index (χ0v) is 17.6. The fraction of sp³-hybridized carbons (Fsp3) is 0.450. The number of anilines is 2. The molecule has 27 heavy (non-hydrogen) atoms. The molecule has 7 heteroatoms. The molecule has 0 fully saturated rings. The third-order valence-electron chi connectivity index (χ3n) is 4.35. The van der Waals surface area contributed by atoms with Gasteiger partial charge in [0.05, 0.1) is 12.2 Å². The second-order valence-corrected chi connectivity index (χ2v) is 7.51. The molecule has 2 aromatic rings. The fourth-order valence-electron chi connectivity index (χ4n) is 3.00. The number of aromatic nitrogens is 1. The Balaban J connectivity index is 2.20. The Morgan fingerprint density at radius 1 is 1.26 bits per heavy atom. The number of aryl methyl sites for hydroxylation is 2. The Bertz CT molecular complexity index is 803. The number of hydrogen-bond acceptors (Lipinski definition) is 4. The van der Waals surface area contributed by atoms with Crippen molar-refractivity contribution in [2.45, 2.75) is 41.2 Å². The smallest absolute Gasteiger partial charge is 0.275 e. The molecule has 2 rings (SSSR count). The summed E-state index contributed by atoms with van der Waals surface area (Å²) in [6, 6.07) is 6.03. The Morgan fingerprint density at radius 3 is 2.59 bits per heavy atom. The lowest BCUT2D eigenvalue weighted by Crippen LogP contribution is -3.11. The number of carbonyl (C=O) groups excluding carboxylic acids is 2. The summed E-state index contributed by atoms with van der Waals surface area (Å²) in [6.45, 7) is 12.1. The predicted octanol–water partition coefficient (Wildman–Crippen LogP) is 1.99. The highest BCUT2D eigenvalue weighted by molar-refractivity contribution is 7.14. The molecular formula is C20H29N4O2S+. The zero-order valence-electron chi connectivity index (χ0n) is 16.8. The summed E-state index contributed by atoms with van der Waals surface area (Å²) in [6.07, 6.45) is 0. The Labute approximate surface area is 165 Å². The van der Waals surface area contributed by atoms with Gasteiger partial charge in [-0.3, -0.25) is 14.5 Å². The second-order valence-electron chi connectivity index (χ2n) is 6.68. The van der Waals surface area contributed by atoms with E-state index in [1.165, 1.54) is 11.3 Å². The number of carbonyl (C=O) groups is 2. The first kappa shape index (κ1) is 21.1. The standard InChI is InChI=1S/C20H28N4O2S/c1-6-21-19(26)12-23(7-2)11-17-13-27-20(22-17)24(16(5)25)18-9-8-14(3)10-15(18)4/h8-10,13H,6-7,11-12H2,1-5H3,(H,21,26)/p+1. The maximum absolute atomic E-state index is 12.3. The van der Waals surface area contributed by atoms with Gasteiger partial charge in [0.25, 0.3) is 5.91 Å². The number of amides is 2. The van der Waals surface area contributed by atoms with Crippen molar-refractivity contribution in [3.05, 3.63) is 40.4 Å². The molecule has 1 unspecified atom stereocenters. The zero-order chi connectivity index (χ0) is 20.0. The molecule has 1 aromatic heterocycles. The lowest BCUT2D eigenvalue weighted by Gasteiger charge is -2.20. The van der Waals surface area contributed by atoms with Gasteiger partial charge in [0.1, 0.15) is 12.2 Å². The summed E-state index contributed by atoms with van der Waals surface area (Å²) in [5.74, 6) is -0.0182. The molecule has 2 N–H and O–H groups in total. The monoisotopic (exact) mass is 389 g/mol. The minimum absolute atomic E-state index is 0.0467. The molecule has 146 valence electrons. The molecule has 0 bridgehead atoms. The molecule has 0 aliphatic rings. The first-order chi connectivity index (χ1) is 12.8.